The number of halogens is 3. The van der Waals surface area contributed by atoms with E-state index in [0.29, 0.717) is 17.0 Å². The Balaban J connectivity index is 1.74. The molecule has 2 aromatic heterocycles. The zero-order chi connectivity index (χ0) is 22.8. The molecule has 0 aliphatic rings. The summed E-state index contributed by atoms with van der Waals surface area (Å²) in [4.78, 5) is 16.5. The smallest absolute Gasteiger partial charge is 0.383 e. The average molecular weight is 428 g/mol. The highest BCUT2D eigenvalue weighted by molar-refractivity contribution is 5.92. The first-order chi connectivity index (χ1) is 14.6. The normalized spacial score (nSPS) is 11.4. The van der Waals surface area contributed by atoms with Gasteiger partial charge in [-0.15, -0.1) is 0 Å². The quantitative estimate of drug-likeness (QED) is 0.634. The minimum absolute atomic E-state index is 0.0420. The van der Waals surface area contributed by atoms with Crippen molar-refractivity contribution in [1.82, 2.24) is 14.8 Å². The zero-order valence-electron chi connectivity index (χ0n) is 16.7. The van der Waals surface area contributed by atoms with Gasteiger partial charge in [-0.2, -0.15) is 23.5 Å². The molecule has 3 rings (SSSR count). The van der Waals surface area contributed by atoms with Crippen LogP contribution < -0.4 is 11.1 Å². The fraction of sp³-hybridized carbons (Fsp3) is 0.238. The van der Waals surface area contributed by atoms with Gasteiger partial charge in [-0.1, -0.05) is 12.1 Å². The highest BCUT2D eigenvalue weighted by Crippen LogP contribution is 2.31. The molecule has 0 aliphatic carbocycles. The summed E-state index contributed by atoms with van der Waals surface area (Å²) < 4.78 is 39.9. The first kappa shape index (κ1) is 21.8. The Morgan fingerprint density at radius 2 is 2.03 bits per heavy atom. The number of nitrogens with two attached hydrogens (primary N) is 1. The molecule has 0 atom stereocenters. The van der Waals surface area contributed by atoms with E-state index in [4.69, 9.17) is 5.73 Å². The summed E-state index contributed by atoms with van der Waals surface area (Å²) in [5, 5.41) is 16.2. The third kappa shape index (κ3) is 4.83. The lowest BCUT2D eigenvalue weighted by Gasteiger charge is -2.10. The van der Waals surface area contributed by atoms with Gasteiger partial charge in [-0.25, -0.2) is 4.68 Å². The topological polar surface area (TPSA) is 110 Å². The molecular formula is C21H19F3N6O. The molecule has 160 valence electrons. The van der Waals surface area contributed by atoms with Gasteiger partial charge in [0.05, 0.1) is 17.7 Å². The van der Waals surface area contributed by atoms with Crippen LogP contribution in [0.25, 0.3) is 11.4 Å². The van der Waals surface area contributed by atoms with Gasteiger partial charge in [-0.3, -0.25) is 9.78 Å². The highest BCUT2D eigenvalue weighted by atomic mass is 19.4. The molecule has 0 spiro atoms. The Bertz CT molecular complexity index is 1140. The van der Waals surface area contributed by atoms with Gasteiger partial charge in [0.1, 0.15) is 23.1 Å². The summed E-state index contributed by atoms with van der Waals surface area (Å²) in [6.45, 7) is 3.77. The Hall–Kier alpha value is -3.87. The maximum absolute atomic E-state index is 12.8. The number of nitrogens with one attached hydrogen (secondary N) is 1. The van der Waals surface area contributed by atoms with Crippen LogP contribution in [-0.4, -0.2) is 20.7 Å². The van der Waals surface area contributed by atoms with Gasteiger partial charge >= 0.3 is 6.18 Å². The molecule has 2 heterocycles. The van der Waals surface area contributed by atoms with Crippen LogP contribution >= 0.6 is 0 Å². The monoisotopic (exact) mass is 428 g/mol. The number of rotatable bonds is 5. The lowest BCUT2D eigenvalue weighted by Crippen LogP contribution is -2.15. The molecule has 0 unspecified atom stereocenters. The summed E-state index contributed by atoms with van der Waals surface area (Å²) in [5.41, 5.74) is 6.72. The van der Waals surface area contributed by atoms with Crippen molar-refractivity contribution >= 4 is 17.4 Å². The molecule has 0 aliphatic heterocycles. The maximum atomic E-state index is 12.8. The van der Waals surface area contributed by atoms with Crippen molar-refractivity contribution in [2.75, 3.05) is 11.1 Å². The molecule has 0 fully saturated rings. The Labute approximate surface area is 176 Å². The van der Waals surface area contributed by atoms with Gasteiger partial charge in [-0.05, 0) is 43.7 Å². The van der Waals surface area contributed by atoms with Crippen molar-refractivity contribution in [2.24, 2.45) is 0 Å². The first-order valence-corrected chi connectivity index (χ1v) is 9.30. The van der Waals surface area contributed by atoms with Crippen molar-refractivity contribution < 1.29 is 18.0 Å². The van der Waals surface area contributed by atoms with Gasteiger partial charge in [0.2, 0.25) is 5.91 Å². The molecular weight excluding hydrogens is 409 g/mol. The Morgan fingerprint density at radius 1 is 1.29 bits per heavy atom. The second-order valence-electron chi connectivity index (χ2n) is 7.11. The number of hydrogen-bond donors (Lipinski definition) is 2. The molecule has 1 amide bonds. The number of nitriles is 1. The van der Waals surface area contributed by atoms with E-state index in [2.05, 4.69) is 15.4 Å². The summed E-state index contributed by atoms with van der Waals surface area (Å²) in [7, 11) is 0. The second-order valence-corrected chi connectivity index (χ2v) is 7.11. The minimum Gasteiger partial charge on any atom is -0.383 e. The number of hydrogen-bond acceptors (Lipinski definition) is 5. The molecule has 10 heteroatoms. The number of carbonyl (C=O) groups is 1. The van der Waals surface area contributed by atoms with E-state index in [0.717, 1.165) is 12.1 Å². The zero-order valence-corrected chi connectivity index (χ0v) is 16.7. The number of aromatic nitrogens is 3. The maximum Gasteiger partial charge on any atom is 0.416 e. The van der Waals surface area contributed by atoms with E-state index in [1.165, 1.54) is 23.0 Å². The lowest BCUT2D eigenvalue weighted by molar-refractivity contribution is -0.137. The standard InChI is InChI=1S/C21H19F3N6O/c1-12(2)30-20(26)16(10-25)19(29-30)17-7-6-13(11-27-17)8-18(31)28-15-5-3-4-14(9-15)21(22,23)24/h3-7,9,11-12H,8,26H2,1-2H3,(H,28,31). The van der Waals surface area contributed by atoms with E-state index >= 15 is 0 Å². The lowest BCUT2D eigenvalue weighted by atomic mass is 10.1. The summed E-state index contributed by atoms with van der Waals surface area (Å²) in [6.07, 6.45) is -3.13. The van der Waals surface area contributed by atoms with Crippen LogP contribution in [0.15, 0.2) is 42.6 Å². The van der Waals surface area contributed by atoms with Gasteiger partial charge in [0.25, 0.3) is 0 Å². The highest BCUT2D eigenvalue weighted by Gasteiger charge is 2.30. The van der Waals surface area contributed by atoms with Crippen molar-refractivity contribution in [3.8, 4) is 17.5 Å². The van der Waals surface area contributed by atoms with Crippen LogP contribution in [0.3, 0.4) is 0 Å². The first-order valence-electron chi connectivity index (χ1n) is 9.30. The van der Waals surface area contributed by atoms with Crippen molar-refractivity contribution in [1.29, 1.82) is 5.26 Å². The number of benzene rings is 1. The Kier molecular flexibility index (Phi) is 5.97. The fourth-order valence-corrected chi connectivity index (χ4v) is 2.96. The number of anilines is 2. The third-order valence-corrected chi connectivity index (χ3v) is 4.45. The molecule has 0 saturated carbocycles. The number of alkyl halides is 3. The third-order valence-electron chi connectivity index (χ3n) is 4.45. The van der Waals surface area contributed by atoms with Crippen LogP contribution in [0.5, 0.6) is 0 Å². The predicted molar refractivity (Wildman–Crippen MR) is 109 cm³/mol. The molecule has 0 saturated heterocycles. The number of pyridine rings is 1. The number of nitrogens with zero attached hydrogens (tertiary/aromatic N) is 4. The molecule has 1 aromatic carbocycles. The number of amides is 1. The van der Waals surface area contributed by atoms with Gasteiger partial charge in [0.15, 0.2) is 0 Å². The van der Waals surface area contributed by atoms with E-state index in [1.807, 2.05) is 19.9 Å². The molecule has 0 radical (unpaired) electrons. The van der Waals surface area contributed by atoms with Crippen molar-refractivity contribution in [3.05, 3.63) is 59.3 Å². The van der Waals surface area contributed by atoms with E-state index < -0.39 is 17.6 Å². The predicted octanol–water partition coefficient (Wildman–Crippen LogP) is 4.18. The summed E-state index contributed by atoms with van der Waals surface area (Å²) >= 11 is 0. The number of nitrogen functional groups attached to an aromatic ring is 1. The molecule has 3 aromatic rings. The summed E-state index contributed by atoms with van der Waals surface area (Å²) in [5.74, 6) is -0.237. The van der Waals surface area contributed by atoms with E-state index in [-0.39, 0.29) is 29.5 Å². The van der Waals surface area contributed by atoms with E-state index in [9.17, 15) is 23.2 Å². The second kappa shape index (κ2) is 8.47. The van der Waals surface area contributed by atoms with Gasteiger partial charge < -0.3 is 11.1 Å². The molecule has 0 bridgehead atoms. The van der Waals surface area contributed by atoms with Crippen LogP contribution in [0.2, 0.25) is 0 Å². The fourth-order valence-electron chi connectivity index (χ4n) is 2.96. The number of carbonyl (C=O) groups excluding carboxylic acids is 1. The van der Waals surface area contributed by atoms with Crippen LogP contribution in [0, 0.1) is 11.3 Å². The SMILES string of the molecule is CC(C)n1nc(-c2ccc(CC(=O)Nc3cccc(C(F)(F)F)c3)cn2)c(C#N)c1N. The minimum atomic E-state index is -4.49. The molecule has 3 N–H and O–H groups in total. The van der Waals surface area contributed by atoms with Gasteiger partial charge in [0, 0.05) is 17.9 Å². The molecule has 7 nitrogen and oxygen atoms in total. The van der Waals surface area contributed by atoms with Crippen LogP contribution in [0.4, 0.5) is 24.7 Å². The molecule has 31 heavy (non-hydrogen) atoms. The largest absolute Gasteiger partial charge is 0.416 e. The average Bonchev–Trinajstić information content (AvgIpc) is 3.04. The summed E-state index contributed by atoms with van der Waals surface area (Å²) in [6, 6.07) is 9.66. The van der Waals surface area contributed by atoms with Crippen LogP contribution in [0.1, 0.15) is 36.6 Å². The van der Waals surface area contributed by atoms with Crippen LogP contribution in [-0.2, 0) is 17.4 Å². The van der Waals surface area contributed by atoms with Crippen molar-refractivity contribution in [3.63, 3.8) is 0 Å². The van der Waals surface area contributed by atoms with Crippen molar-refractivity contribution in [2.45, 2.75) is 32.5 Å². The Morgan fingerprint density at radius 3 is 2.61 bits per heavy atom. The van der Waals surface area contributed by atoms with E-state index in [1.54, 1.807) is 12.1 Å².